The van der Waals surface area contributed by atoms with Crippen LogP contribution in [0, 0.1) is 0 Å². The first kappa shape index (κ1) is 22.6. The Morgan fingerprint density at radius 3 is 2.47 bits per heavy atom. The quantitative estimate of drug-likeness (QED) is 0.594. The molecule has 1 aliphatic heterocycles. The van der Waals surface area contributed by atoms with E-state index in [1.54, 1.807) is 43.0 Å². The molecule has 1 aromatic heterocycles. The van der Waals surface area contributed by atoms with Gasteiger partial charge in [0.2, 0.25) is 5.91 Å². The Morgan fingerprint density at radius 2 is 1.87 bits per heavy atom. The third-order valence-corrected chi connectivity index (χ3v) is 6.39. The number of halogens is 2. The zero-order valence-corrected chi connectivity index (χ0v) is 19.6. The highest BCUT2D eigenvalue weighted by atomic mass is 79.9. The molecule has 0 spiro atoms. The summed E-state index contributed by atoms with van der Waals surface area (Å²) in [5.41, 5.74) is -0.421. The first-order valence-electron chi connectivity index (χ1n) is 9.31. The van der Waals surface area contributed by atoms with Gasteiger partial charge in [0.05, 0.1) is 14.4 Å². The lowest BCUT2D eigenvalue weighted by atomic mass is 10.0. The second-order valence-electron chi connectivity index (χ2n) is 7.35. The van der Waals surface area contributed by atoms with E-state index < -0.39 is 17.5 Å². The van der Waals surface area contributed by atoms with E-state index in [1.807, 2.05) is 0 Å². The average molecular weight is 515 g/mol. The van der Waals surface area contributed by atoms with E-state index in [1.165, 1.54) is 17.4 Å². The Morgan fingerprint density at radius 1 is 1.17 bits per heavy atom. The molecule has 0 atom stereocenters. The van der Waals surface area contributed by atoms with Crippen LogP contribution in [-0.2, 0) is 4.79 Å². The highest BCUT2D eigenvalue weighted by Crippen LogP contribution is 2.29. The summed E-state index contributed by atoms with van der Waals surface area (Å²) in [6.07, 6.45) is 1.24. The van der Waals surface area contributed by atoms with Gasteiger partial charge in [0.25, 0.3) is 5.91 Å². The van der Waals surface area contributed by atoms with Crippen molar-refractivity contribution < 1.29 is 19.1 Å². The van der Waals surface area contributed by atoms with Crippen molar-refractivity contribution in [3.63, 3.8) is 0 Å². The van der Waals surface area contributed by atoms with Crippen LogP contribution < -0.4 is 15.4 Å². The van der Waals surface area contributed by atoms with E-state index in [0.717, 1.165) is 29.7 Å². The first-order chi connectivity index (χ1) is 14.2. The molecule has 10 heteroatoms. The molecule has 2 aromatic rings. The molecule has 160 valence electrons. The van der Waals surface area contributed by atoms with Crippen LogP contribution in [0.3, 0.4) is 0 Å². The Kier molecular flexibility index (Phi) is 7.05. The molecule has 0 unspecified atom stereocenters. The van der Waals surface area contributed by atoms with Gasteiger partial charge in [0.1, 0.15) is 5.54 Å². The van der Waals surface area contributed by atoms with Gasteiger partial charge in [0, 0.05) is 18.8 Å². The number of hydrogen-bond donors (Lipinski definition) is 2. The van der Waals surface area contributed by atoms with E-state index in [0.29, 0.717) is 16.3 Å². The fourth-order valence-electron chi connectivity index (χ4n) is 2.93. The van der Waals surface area contributed by atoms with Crippen LogP contribution in [0.1, 0.15) is 37.0 Å². The largest absolute Gasteiger partial charge is 0.414 e. The predicted molar refractivity (Wildman–Crippen MR) is 120 cm³/mol. The number of carbonyl (C=O) groups is 3. The Hall–Kier alpha value is -2.10. The number of ether oxygens (including phenoxy) is 1. The number of hydrogen-bond acceptors (Lipinski definition) is 5. The third-order valence-electron chi connectivity index (χ3n) is 4.57. The highest BCUT2D eigenvalue weighted by Gasteiger charge is 2.31. The topological polar surface area (TPSA) is 87.7 Å². The van der Waals surface area contributed by atoms with Crippen molar-refractivity contribution in [3.05, 3.63) is 44.7 Å². The minimum Gasteiger partial charge on any atom is -0.399 e. The second kappa shape index (κ2) is 9.36. The molecule has 30 heavy (non-hydrogen) atoms. The lowest BCUT2D eigenvalue weighted by molar-refractivity contribution is -0.121. The molecule has 0 aliphatic carbocycles. The lowest BCUT2D eigenvalue weighted by Crippen LogP contribution is -2.53. The molecule has 0 saturated carbocycles. The smallest absolute Gasteiger partial charge is 0.399 e. The number of nitrogens with one attached hydrogen (secondary N) is 2. The van der Waals surface area contributed by atoms with E-state index in [9.17, 15) is 14.4 Å². The van der Waals surface area contributed by atoms with Gasteiger partial charge in [-0.15, -0.1) is 0 Å². The molecule has 2 heterocycles. The Labute approximate surface area is 191 Å². The van der Waals surface area contributed by atoms with Crippen molar-refractivity contribution in [3.8, 4) is 5.06 Å². The fourth-order valence-corrected chi connectivity index (χ4v) is 4.38. The summed E-state index contributed by atoms with van der Waals surface area (Å²) in [5.74, 6) is -0.568. The summed E-state index contributed by atoms with van der Waals surface area (Å²) < 4.78 is 6.00. The van der Waals surface area contributed by atoms with Crippen LogP contribution in [0.4, 0.5) is 10.5 Å². The minimum absolute atomic E-state index is 0.111. The summed E-state index contributed by atoms with van der Waals surface area (Å²) in [6.45, 7) is 4.57. The number of rotatable bonds is 5. The Balaban J connectivity index is 1.61. The third kappa shape index (κ3) is 5.53. The van der Waals surface area contributed by atoms with Crippen molar-refractivity contribution in [2.75, 3.05) is 18.4 Å². The molecule has 0 radical (unpaired) electrons. The number of amides is 3. The van der Waals surface area contributed by atoms with E-state index in [4.69, 9.17) is 16.3 Å². The molecule has 1 fully saturated rings. The zero-order chi connectivity index (χ0) is 21.9. The molecule has 3 amide bonds. The van der Waals surface area contributed by atoms with E-state index in [2.05, 4.69) is 26.6 Å². The van der Waals surface area contributed by atoms with Crippen LogP contribution in [-0.4, -0.2) is 41.4 Å². The van der Waals surface area contributed by atoms with E-state index >= 15 is 0 Å². The normalized spacial score (nSPS) is 13.8. The van der Waals surface area contributed by atoms with Gasteiger partial charge in [-0.3, -0.25) is 9.59 Å². The first-order valence-corrected chi connectivity index (χ1v) is 11.3. The van der Waals surface area contributed by atoms with E-state index in [-0.39, 0.29) is 10.9 Å². The SMILES string of the molecule is CC(C)(NC(=O)Oc1ccc(Br)s1)C(=O)Nc1ccc(C(=O)N2CCCC2)c(Cl)c1. The maximum absolute atomic E-state index is 12.7. The maximum Gasteiger partial charge on any atom is 0.414 e. The molecule has 0 bridgehead atoms. The van der Waals surface area contributed by atoms with Gasteiger partial charge in [-0.1, -0.05) is 22.9 Å². The summed E-state index contributed by atoms with van der Waals surface area (Å²) >= 11 is 10.8. The monoisotopic (exact) mass is 513 g/mol. The molecule has 2 N–H and O–H groups in total. The summed E-state index contributed by atoms with van der Waals surface area (Å²) in [6, 6.07) is 8.15. The van der Waals surface area contributed by atoms with Crippen LogP contribution in [0.25, 0.3) is 0 Å². The fraction of sp³-hybridized carbons (Fsp3) is 0.350. The van der Waals surface area contributed by atoms with Gasteiger partial charge in [0.15, 0.2) is 5.06 Å². The molecule has 1 saturated heterocycles. The van der Waals surface area contributed by atoms with Gasteiger partial charge in [-0.05, 0) is 73.0 Å². The lowest BCUT2D eigenvalue weighted by Gasteiger charge is -2.24. The van der Waals surface area contributed by atoms with Gasteiger partial charge in [-0.2, -0.15) is 0 Å². The molecule has 1 aromatic carbocycles. The molecule has 7 nitrogen and oxygen atoms in total. The van der Waals surface area contributed by atoms with Crippen molar-refractivity contribution in [2.24, 2.45) is 0 Å². The predicted octanol–water partition coefficient (Wildman–Crippen LogP) is 4.91. The average Bonchev–Trinajstić information content (AvgIpc) is 3.32. The summed E-state index contributed by atoms with van der Waals surface area (Å²) in [4.78, 5) is 39.1. The highest BCUT2D eigenvalue weighted by molar-refractivity contribution is 9.11. The molecular weight excluding hydrogens is 494 g/mol. The van der Waals surface area contributed by atoms with Crippen molar-refractivity contribution in [1.82, 2.24) is 10.2 Å². The standard InChI is InChI=1S/C20H21BrClN3O4S/c1-20(2,24-19(28)29-16-8-7-15(21)30-16)18(27)23-12-5-6-13(14(22)11-12)17(26)25-9-3-4-10-25/h5-8,11H,3-4,9-10H2,1-2H3,(H,23,27)(H,24,28). The van der Waals surface area contributed by atoms with Crippen LogP contribution in [0.5, 0.6) is 5.06 Å². The molecular formula is C20H21BrClN3O4S. The second-order valence-corrected chi connectivity index (χ2v) is 10.2. The summed E-state index contributed by atoms with van der Waals surface area (Å²) in [5, 5.41) is 5.91. The molecule has 1 aliphatic rings. The molecule has 3 rings (SSSR count). The maximum atomic E-state index is 12.7. The van der Waals surface area contributed by atoms with Gasteiger partial charge in [-0.25, -0.2) is 4.79 Å². The zero-order valence-electron chi connectivity index (χ0n) is 16.5. The number of likely N-dealkylation sites (tertiary alicyclic amines) is 1. The van der Waals surface area contributed by atoms with Crippen molar-refractivity contribution in [2.45, 2.75) is 32.2 Å². The van der Waals surface area contributed by atoms with Crippen LogP contribution in [0.15, 0.2) is 34.1 Å². The van der Waals surface area contributed by atoms with Crippen molar-refractivity contribution in [1.29, 1.82) is 0 Å². The number of thiophene rings is 1. The van der Waals surface area contributed by atoms with Crippen molar-refractivity contribution >= 4 is 62.5 Å². The van der Waals surface area contributed by atoms with Crippen LogP contribution >= 0.6 is 38.9 Å². The Bertz CT molecular complexity index is 973. The minimum atomic E-state index is -1.25. The van der Waals surface area contributed by atoms with Crippen LogP contribution in [0.2, 0.25) is 5.02 Å². The number of carbonyl (C=O) groups excluding carboxylic acids is 3. The summed E-state index contributed by atoms with van der Waals surface area (Å²) in [7, 11) is 0. The number of nitrogens with zero attached hydrogens (tertiary/aromatic N) is 1. The number of anilines is 1. The van der Waals surface area contributed by atoms with Gasteiger partial charge < -0.3 is 20.3 Å². The number of benzene rings is 1. The van der Waals surface area contributed by atoms with Gasteiger partial charge >= 0.3 is 6.09 Å².